The number of halogens is 1. The molecule has 0 saturated carbocycles. The van der Waals surface area contributed by atoms with Crippen molar-refractivity contribution in [3.8, 4) is 5.75 Å². The van der Waals surface area contributed by atoms with Crippen LogP contribution in [0.4, 0.5) is 0 Å². The van der Waals surface area contributed by atoms with Crippen LogP contribution >= 0.6 is 24.0 Å². The maximum atomic E-state index is 5.94. The summed E-state index contributed by atoms with van der Waals surface area (Å²) in [5.74, 6) is 1.65. The van der Waals surface area contributed by atoms with Gasteiger partial charge in [0.25, 0.3) is 0 Å². The number of aliphatic imine (C=N–C) groups is 1. The molecule has 6 nitrogen and oxygen atoms in total. The molecule has 2 rings (SSSR count). The lowest BCUT2D eigenvalue weighted by Crippen LogP contribution is -2.36. The van der Waals surface area contributed by atoms with Gasteiger partial charge in [-0.1, -0.05) is 36.4 Å². The lowest BCUT2D eigenvalue weighted by molar-refractivity contribution is 0.110. The average Bonchev–Trinajstić information content (AvgIpc) is 2.75. The van der Waals surface area contributed by atoms with Gasteiger partial charge in [0.05, 0.1) is 19.8 Å². The molecule has 0 amide bonds. The molecule has 2 N–H and O–H groups in total. The minimum atomic E-state index is 0. The van der Waals surface area contributed by atoms with Crippen molar-refractivity contribution in [2.24, 2.45) is 4.99 Å². The van der Waals surface area contributed by atoms with E-state index in [1.54, 1.807) is 7.11 Å². The van der Waals surface area contributed by atoms with E-state index in [0.717, 1.165) is 34.9 Å². The fraction of sp³-hybridized carbons (Fsp3) is 0.458. The van der Waals surface area contributed by atoms with Crippen LogP contribution in [0.2, 0.25) is 0 Å². The van der Waals surface area contributed by atoms with Crippen molar-refractivity contribution in [3.63, 3.8) is 0 Å². The molecule has 31 heavy (non-hydrogen) atoms. The summed E-state index contributed by atoms with van der Waals surface area (Å²) < 4.78 is 16.5. The minimum absolute atomic E-state index is 0. The van der Waals surface area contributed by atoms with Crippen LogP contribution in [0, 0.1) is 6.92 Å². The number of hydrogen-bond acceptors (Lipinski definition) is 4. The van der Waals surface area contributed by atoms with E-state index in [9.17, 15) is 0 Å². The molecule has 0 unspecified atom stereocenters. The Labute approximate surface area is 203 Å². The quantitative estimate of drug-likeness (QED) is 0.180. The van der Waals surface area contributed by atoms with Gasteiger partial charge in [0.1, 0.15) is 12.4 Å². The Bertz CT molecular complexity index is 799. The first-order chi connectivity index (χ1) is 14.7. The minimum Gasteiger partial charge on any atom is -0.491 e. The molecule has 172 valence electrons. The third-order valence-corrected chi connectivity index (χ3v) is 4.42. The van der Waals surface area contributed by atoms with E-state index >= 15 is 0 Å². The Balaban J connectivity index is 0.00000480. The Morgan fingerprint density at radius 1 is 1.00 bits per heavy atom. The van der Waals surface area contributed by atoms with Gasteiger partial charge in [0, 0.05) is 32.4 Å². The smallest absolute Gasteiger partial charge is 0.191 e. The van der Waals surface area contributed by atoms with Crippen molar-refractivity contribution in [2.75, 3.05) is 33.5 Å². The summed E-state index contributed by atoms with van der Waals surface area (Å²) in [6.07, 6.45) is 0. The molecular formula is C24H36IN3O3. The van der Waals surface area contributed by atoms with Crippen LogP contribution in [0.25, 0.3) is 0 Å². The summed E-state index contributed by atoms with van der Waals surface area (Å²) in [4.78, 5) is 4.73. The molecule has 0 atom stereocenters. The zero-order valence-corrected chi connectivity index (χ0v) is 21.4. The van der Waals surface area contributed by atoms with E-state index < -0.39 is 0 Å². The Kier molecular flexibility index (Phi) is 13.9. The second-order valence-electron chi connectivity index (χ2n) is 6.96. The van der Waals surface area contributed by atoms with Crippen LogP contribution in [0.5, 0.6) is 5.75 Å². The fourth-order valence-electron chi connectivity index (χ4n) is 2.97. The molecule has 2 aromatic carbocycles. The number of aryl methyl sites for hydroxylation is 1. The predicted octanol–water partition coefficient (Wildman–Crippen LogP) is 4.43. The first kappa shape index (κ1) is 27.2. The third-order valence-electron chi connectivity index (χ3n) is 4.42. The van der Waals surface area contributed by atoms with E-state index in [1.165, 1.54) is 5.56 Å². The first-order valence-corrected chi connectivity index (χ1v) is 10.5. The summed E-state index contributed by atoms with van der Waals surface area (Å²) in [6.45, 7) is 10.6. The standard InChI is InChI=1S/C24H35N3O3.HI/c1-5-25-24(26-16-20-8-7-9-21(15-20)18-28-4)27-17-22-11-10-19(3)14-23(22)30-13-12-29-6-2;/h7-11,14-15H,5-6,12-13,16-18H2,1-4H3,(H2,25,26,27);1H. The Hall–Kier alpha value is -1.84. The highest BCUT2D eigenvalue weighted by atomic mass is 127. The number of guanidine groups is 1. The van der Waals surface area contributed by atoms with Gasteiger partial charge in [-0.25, -0.2) is 4.99 Å². The average molecular weight is 541 g/mol. The van der Waals surface area contributed by atoms with E-state index in [0.29, 0.717) is 39.5 Å². The Morgan fingerprint density at radius 3 is 2.55 bits per heavy atom. The maximum absolute atomic E-state index is 5.94. The van der Waals surface area contributed by atoms with Gasteiger partial charge in [0.15, 0.2) is 5.96 Å². The van der Waals surface area contributed by atoms with Crippen molar-refractivity contribution >= 4 is 29.9 Å². The summed E-state index contributed by atoms with van der Waals surface area (Å²) >= 11 is 0. The number of nitrogens with one attached hydrogen (secondary N) is 2. The summed E-state index contributed by atoms with van der Waals surface area (Å²) in [5.41, 5.74) is 4.56. The highest BCUT2D eigenvalue weighted by molar-refractivity contribution is 14.0. The topological polar surface area (TPSA) is 64.1 Å². The Morgan fingerprint density at radius 2 is 1.81 bits per heavy atom. The molecule has 0 spiro atoms. The van der Waals surface area contributed by atoms with E-state index in [1.807, 2.05) is 13.0 Å². The molecule has 0 aliphatic carbocycles. The normalized spacial score (nSPS) is 11.0. The molecule has 7 heteroatoms. The maximum Gasteiger partial charge on any atom is 0.191 e. The fourth-order valence-corrected chi connectivity index (χ4v) is 2.97. The van der Waals surface area contributed by atoms with Crippen LogP contribution in [-0.2, 0) is 29.2 Å². The zero-order chi connectivity index (χ0) is 21.6. The molecule has 0 aromatic heterocycles. The van der Waals surface area contributed by atoms with Crippen LogP contribution < -0.4 is 15.4 Å². The van der Waals surface area contributed by atoms with Gasteiger partial charge in [0.2, 0.25) is 0 Å². The molecule has 0 fully saturated rings. The first-order valence-electron chi connectivity index (χ1n) is 10.5. The molecule has 0 saturated heterocycles. The van der Waals surface area contributed by atoms with Crippen LogP contribution in [-0.4, -0.2) is 39.4 Å². The highest BCUT2D eigenvalue weighted by Crippen LogP contribution is 2.20. The number of methoxy groups -OCH3 is 1. The second-order valence-corrected chi connectivity index (χ2v) is 6.96. The third kappa shape index (κ3) is 10.3. The van der Waals surface area contributed by atoms with Gasteiger partial charge >= 0.3 is 0 Å². The lowest BCUT2D eigenvalue weighted by Gasteiger charge is -2.15. The molecule has 2 aromatic rings. The largest absolute Gasteiger partial charge is 0.491 e. The number of rotatable bonds is 12. The molecule has 0 aliphatic rings. The summed E-state index contributed by atoms with van der Waals surface area (Å²) in [5, 5.41) is 6.72. The molecular weight excluding hydrogens is 505 g/mol. The molecule has 0 radical (unpaired) electrons. The van der Waals surface area contributed by atoms with Gasteiger partial charge in [-0.15, -0.1) is 24.0 Å². The van der Waals surface area contributed by atoms with E-state index in [4.69, 9.17) is 19.2 Å². The van der Waals surface area contributed by atoms with Gasteiger partial charge in [-0.05, 0) is 43.5 Å². The van der Waals surface area contributed by atoms with Crippen molar-refractivity contribution in [2.45, 2.75) is 40.5 Å². The van der Waals surface area contributed by atoms with Crippen molar-refractivity contribution in [1.82, 2.24) is 10.6 Å². The number of hydrogen-bond donors (Lipinski definition) is 2. The van der Waals surface area contributed by atoms with E-state index in [-0.39, 0.29) is 24.0 Å². The molecule has 0 heterocycles. The van der Waals surface area contributed by atoms with Gasteiger partial charge < -0.3 is 24.8 Å². The predicted molar refractivity (Wildman–Crippen MR) is 137 cm³/mol. The number of ether oxygens (including phenoxy) is 3. The number of nitrogens with zero attached hydrogens (tertiary/aromatic N) is 1. The van der Waals surface area contributed by atoms with Crippen LogP contribution in [0.3, 0.4) is 0 Å². The highest BCUT2D eigenvalue weighted by Gasteiger charge is 2.06. The van der Waals surface area contributed by atoms with Crippen LogP contribution in [0.1, 0.15) is 36.1 Å². The van der Waals surface area contributed by atoms with Crippen molar-refractivity contribution in [1.29, 1.82) is 0 Å². The SMILES string of the molecule is CCNC(=NCc1cccc(COC)c1)NCc1ccc(C)cc1OCCOCC.I. The lowest BCUT2D eigenvalue weighted by atomic mass is 10.1. The van der Waals surface area contributed by atoms with Gasteiger partial charge in [-0.3, -0.25) is 0 Å². The van der Waals surface area contributed by atoms with Crippen molar-refractivity contribution in [3.05, 3.63) is 64.7 Å². The van der Waals surface area contributed by atoms with E-state index in [2.05, 4.69) is 60.9 Å². The second kappa shape index (κ2) is 15.9. The van der Waals surface area contributed by atoms with Crippen LogP contribution in [0.15, 0.2) is 47.5 Å². The zero-order valence-electron chi connectivity index (χ0n) is 19.1. The molecule has 0 bridgehead atoms. The number of benzene rings is 2. The van der Waals surface area contributed by atoms with Gasteiger partial charge in [-0.2, -0.15) is 0 Å². The molecule has 0 aliphatic heterocycles. The summed E-state index contributed by atoms with van der Waals surface area (Å²) in [6, 6.07) is 14.6. The van der Waals surface area contributed by atoms with Crippen molar-refractivity contribution < 1.29 is 14.2 Å². The monoisotopic (exact) mass is 541 g/mol. The summed E-state index contributed by atoms with van der Waals surface area (Å²) in [7, 11) is 1.71.